The van der Waals surface area contributed by atoms with Gasteiger partial charge < -0.3 is 5.32 Å². The van der Waals surface area contributed by atoms with E-state index in [9.17, 15) is 0 Å². The van der Waals surface area contributed by atoms with Gasteiger partial charge >= 0.3 is 0 Å². The quantitative estimate of drug-likeness (QED) is 0.905. The van der Waals surface area contributed by atoms with E-state index < -0.39 is 0 Å². The highest BCUT2D eigenvalue weighted by molar-refractivity contribution is 5.31. The molecule has 1 aromatic carbocycles. The van der Waals surface area contributed by atoms with E-state index in [0.717, 1.165) is 31.0 Å². The molecule has 1 aliphatic rings. The molecular formula is C14H19N5. The van der Waals surface area contributed by atoms with Crippen LogP contribution in [0, 0.1) is 12.8 Å². The zero-order valence-electron chi connectivity index (χ0n) is 11.2. The molecule has 19 heavy (non-hydrogen) atoms. The molecule has 0 radical (unpaired) electrons. The van der Waals surface area contributed by atoms with Crippen molar-refractivity contribution in [2.75, 3.05) is 13.1 Å². The van der Waals surface area contributed by atoms with Gasteiger partial charge in [-0.3, -0.25) is 0 Å². The van der Waals surface area contributed by atoms with E-state index in [1.807, 2.05) is 12.1 Å². The average molecular weight is 257 g/mol. The van der Waals surface area contributed by atoms with Crippen LogP contribution in [0.3, 0.4) is 0 Å². The Kier molecular flexibility index (Phi) is 3.55. The largest absolute Gasteiger partial charge is 0.317 e. The third-order valence-corrected chi connectivity index (χ3v) is 3.65. The van der Waals surface area contributed by atoms with Gasteiger partial charge in [-0.1, -0.05) is 17.7 Å². The molecule has 0 unspecified atom stereocenters. The van der Waals surface area contributed by atoms with Gasteiger partial charge in [-0.25, -0.2) is 0 Å². The van der Waals surface area contributed by atoms with Crippen LogP contribution < -0.4 is 5.32 Å². The Morgan fingerprint density at radius 3 is 2.68 bits per heavy atom. The van der Waals surface area contributed by atoms with E-state index in [0.29, 0.717) is 5.92 Å². The summed E-state index contributed by atoms with van der Waals surface area (Å²) in [5.41, 5.74) is 2.20. The van der Waals surface area contributed by atoms with Crippen molar-refractivity contribution < 1.29 is 0 Å². The number of hydrogen-bond acceptors (Lipinski definition) is 4. The standard InChI is InChI=1S/C14H19N5/c1-11-2-4-13(5-3-11)19-17-14(16-18-19)10-12-6-8-15-9-7-12/h2-5,12,15H,6-10H2,1H3. The number of nitrogens with one attached hydrogen (secondary N) is 1. The number of aromatic nitrogens is 4. The van der Waals surface area contributed by atoms with Crippen LogP contribution in [0.15, 0.2) is 24.3 Å². The summed E-state index contributed by atoms with van der Waals surface area (Å²) in [5.74, 6) is 1.55. The molecule has 3 rings (SSSR count). The monoisotopic (exact) mass is 257 g/mol. The molecule has 1 aromatic heterocycles. The molecule has 0 saturated carbocycles. The molecule has 1 N–H and O–H groups in total. The number of rotatable bonds is 3. The van der Waals surface area contributed by atoms with Crippen LogP contribution in [0.5, 0.6) is 0 Å². The van der Waals surface area contributed by atoms with Crippen molar-refractivity contribution in [2.24, 2.45) is 5.92 Å². The number of aryl methyl sites for hydroxylation is 1. The van der Waals surface area contributed by atoms with Gasteiger partial charge in [0.05, 0.1) is 5.69 Å². The maximum Gasteiger partial charge on any atom is 0.175 e. The third kappa shape index (κ3) is 2.98. The summed E-state index contributed by atoms with van der Waals surface area (Å²) < 4.78 is 0. The van der Waals surface area contributed by atoms with Crippen molar-refractivity contribution in [3.05, 3.63) is 35.7 Å². The van der Waals surface area contributed by atoms with Gasteiger partial charge in [-0.15, -0.1) is 15.0 Å². The second-order valence-corrected chi connectivity index (χ2v) is 5.23. The molecule has 1 saturated heterocycles. The van der Waals surface area contributed by atoms with Gasteiger partial charge in [-0.2, -0.15) is 0 Å². The minimum Gasteiger partial charge on any atom is -0.317 e. The molecule has 0 spiro atoms. The van der Waals surface area contributed by atoms with Crippen LogP contribution in [0.2, 0.25) is 0 Å². The third-order valence-electron chi connectivity index (χ3n) is 3.65. The zero-order chi connectivity index (χ0) is 13.1. The highest BCUT2D eigenvalue weighted by Gasteiger charge is 2.16. The topological polar surface area (TPSA) is 55.6 Å². The first-order valence-corrected chi connectivity index (χ1v) is 6.88. The van der Waals surface area contributed by atoms with E-state index in [1.54, 1.807) is 4.80 Å². The second kappa shape index (κ2) is 5.48. The van der Waals surface area contributed by atoms with Gasteiger partial charge in [0, 0.05) is 6.42 Å². The minimum atomic E-state index is 0.692. The summed E-state index contributed by atoms with van der Waals surface area (Å²) in [6.07, 6.45) is 3.35. The summed E-state index contributed by atoms with van der Waals surface area (Å²) in [5, 5.41) is 16.2. The Labute approximate surface area is 113 Å². The normalized spacial score (nSPS) is 16.7. The minimum absolute atomic E-state index is 0.692. The van der Waals surface area contributed by atoms with E-state index in [2.05, 4.69) is 39.8 Å². The molecule has 0 amide bonds. The lowest BCUT2D eigenvalue weighted by Crippen LogP contribution is -2.28. The SMILES string of the molecule is Cc1ccc(-n2nnc(CC3CCNCC3)n2)cc1. The first kappa shape index (κ1) is 12.3. The zero-order valence-corrected chi connectivity index (χ0v) is 11.2. The molecule has 0 atom stereocenters. The van der Waals surface area contributed by atoms with Gasteiger partial charge in [0.2, 0.25) is 0 Å². The Hall–Kier alpha value is -1.75. The molecule has 2 aromatic rings. The van der Waals surface area contributed by atoms with Crippen molar-refractivity contribution in [3.63, 3.8) is 0 Å². The highest BCUT2D eigenvalue weighted by atomic mass is 15.6. The van der Waals surface area contributed by atoms with Crippen molar-refractivity contribution in [3.8, 4) is 5.69 Å². The molecule has 2 heterocycles. The maximum absolute atomic E-state index is 4.48. The number of tetrazole rings is 1. The summed E-state index contributed by atoms with van der Waals surface area (Å²) in [6, 6.07) is 8.16. The summed E-state index contributed by atoms with van der Waals surface area (Å²) in [4.78, 5) is 1.62. The summed E-state index contributed by atoms with van der Waals surface area (Å²) >= 11 is 0. The van der Waals surface area contributed by atoms with Crippen molar-refractivity contribution in [1.82, 2.24) is 25.5 Å². The van der Waals surface area contributed by atoms with Crippen LogP contribution in [-0.2, 0) is 6.42 Å². The number of hydrogen-bond donors (Lipinski definition) is 1. The van der Waals surface area contributed by atoms with Crippen LogP contribution in [0.1, 0.15) is 24.2 Å². The van der Waals surface area contributed by atoms with Gasteiger partial charge in [0.25, 0.3) is 0 Å². The number of piperidine rings is 1. The summed E-state index contributed by atoms with van der Waals surface area (Å²) in [7, 11) is 0. The van der Waals surface area contributed by atoms with Crippen molar-refractivity contribution in [1.29, 1.82) is 0 Å². The second-order valence-electron chi connectivity index (χ2n) is 5.23. The van der Waals surface area contributed by atoms with Crippen molar-refractivity contribution in [2.45, 2.75) is 26.2 Å². The fourth-order valence-electron chi connectivity index (χ4n) is 2.46. The lowest BCUT2D eigenvalue weighted by atomic mass is 9.94. The van der Waals surface area contributed by atoms with Crippen LogP contribution in [0.25, 0.3) is 5.69 Å². The Morgan fingerprint density at radius 1 is 1.21 bits per heavy atom. The maximum atomic E-state index is 4.48. The highest BCUT2D eigenvalue weighted by Crippen LogP contribution is 2.16. The molecular weight excluding hydrogens is 238 g/mol. The van der Waals surface area contributed by atoms with E-state index in [-0.39, 0.29) is 0 Å². The summed E-state index contributed by atoms with van der Waals surface area (Å²) in [6.45, 7) is 4.29. The first-order chi connectivity index (χ1) is 9.31. The van der Waals surface area contributed by atoms with Crippen molar-refractivity contribution >= 4 is 0 Å². The predicted molar refractivity (Wildman–Crippen MR) is 73.2 cm³/mol. The van der Waals surface area contributed by atoms with E-state index in [1.165, 1.54) is 18.4 Å². The van der Waals surface area contributed by atoms with E-state index in [4.69, 9.17) is 0 Å². The molecule has 100 valence electrons. The fourth-order valence-corrected chi connectivity index (χ4v) is 2.46. The van der Waals surface area contributed by atoms with Crippen LogP contribution in [-0.4, -0.2) is 33.3 Å². The molecule has 5 nitrogen and oxygen atoms in total. The molecule has 0 aliphatic carbocycles. The molecule has 5 heteroatoms. The molecule has 0 bridgehead atoms. The van der Waals surface area contributed by atoms with Gasteiger partial charge in [0.1, 0.15) is 0 Å². The molecule has 1 fully saturated rings. The lowest BCUT2D eigenvalue weighted by molar-refractivity contribution is 0.367. The fraction of sp³-hybridized carbons (Fsp3) is 0.500. The van der Waals surface area contributed by atoms with E-state index >= 15 is 0 Å². The van der Waals surface area contributed by atoms with Gasteiger partial charge in [0.15, 0.2) is 5.82 Å². The van der Waals surface area contributed by atoms with Crippen LogP contribution in [0.4, 0.5) is 0 Å². The molecule has 1 aliphatic heterocycles. The smallest absolute Gasteiger partial charge is 0.175 e. The van der Waals surface area contributed by atoms with Gasteiger partial charge in [-0.05, 0) is 56.1 Å². The Morgan fingerprint density at radius 2 is 1.95 bits per heavy atom. The number of benzene rings is 1. The Balaban J connectivity index is 1.70. The predicted octanol–water partition coefficient (Wildman–Crippen LogP) is 1.51. The van der Waals surface area contributed by atoms with Crippen LogP contribution >= 0.6 is 0 Å². The lowest BCUT2D eigenvalue weighted by Gasteiger charge is -2.20. The average Bonchev–Trinajstić information content (AvgIpc) is 2.89. The number of nitrogens with zero attached hydrogens (tertiary/aromatic N) is 4. The first-order valence-electron chi connectivity index (χ1n) is 6.88. The Bertz CT molecular complexity index is 525.